The zero-order valence-corrected chi connectivity index (χ0v) is 31.2. The zero-order valence-electron chi connectivity index (χ0n) is 31.2. The monoisotopic (exact) mass is 721 g/mol. The van der Waals surface area contributed by atoms with E-state index in [0.29, 0.717) is 36.6 Å². The summed E-state index contributed by atoms with van der Waals surface area (Å²) < 4.78 is 0. The number of aryl methyl sites for hydroxylation is 1. The lowest BCUT2D eigenvalue weighted by atomic mass is 9.69. The number of hydrogen-bond acceptors (Lipinski definition) is 6. The number of Topliss-reactive ketones (excluding diaryl/α,β-unsaturated/α-hetero) is 2. The van der Waals surface area contributed by atoms with E-state index in [1.165, 1.54) is 65.7 Å². The van der Waals surface area contributed by atoms with Crippen LogP contribution in [0.2, 0.25) is 0 Å². The minimum absolute atomic E-state index is 0.0128. The third kappa shape index (κ3) is 6.82. The van der Waals surface area contributed by atoms with Gasteiger partial charge in [-0.2, -0.15) is 0 Å². The van der Waals surface area contributed by atoms with Crippen molar-refractivity contribution in [2.45, 2.75) is 88.6 Å². The van der Waals surface area contributed by atoms with Gasteiger partial charge in [-0.3, -0.25) is 14.4 Å². The molecule has 2 aliphatic carbocycles. The van der Waals surface area contributed by atoms with Crippen LogP contribution in [0.5, 0.6) is 5.75 Å². The first kappa shape index (κ1) is 34.8. The number of piperidine rings is 2. The smallest absolute Gasteiger partial charge is 0.255 e. The number of phenolic OH excluding ortho intramolecular Hbond substituents is 1. The summed E-state index contributed by atoms with van der Waals surface area (Å²) in [6, 6.07) is 32.0. The topological polar surface area (TPSA) is 81.2 Å². The van der Waals surface area contributed by atoms with Gasteiger partial charge in [0.05, 0.1) is 12.5 Å². The number of nitrogens with zero attached hydrogens (tertiary/aromatic N) is 3. The number of anilines is 2. The molecule has 1 unspecified atom stereocenters. The number of fused-ring (bicyclic) bond motifs is 2. The first-order valence-electron chi connectivity index (χ1n) is 20.3. The Morgan fingerprint density at radius 3 is 2.02 bits per heavy atom. The molecule has 0 aromatic heterocycles. The number of aromatic hydroxyl groups is 1. The fourth-order valence-electron chi connectivity index (χ4n) is 10.5. The lowest BCUT2D eigenvalue weighted by Gasteiger charge is -2.38. The SMILES string of the molecule is O=C1CCC(N2Cc3cc(N4CCC(CC5CCN(c6ccc([C@@H]7c8ccc(O)cc8CC[C@@H]7c7ccccc7)cc6)CC5)CC4)ccc3C2=O)C(=O)C1. The molecule has 9 rings (SSSR count). The van der Waals surface area contributed by atoms with Crippen LogP contribution in [-0.4, -0.2) is 59.7 Å². The normalized spacial score (nSPS) is 23.8. The van der Waals surface area contributed by atoms with Crippen molar-refractivity contribution in [3.63, 3.8) is 0 Å². The second-order valence-corrected chi connectivity index (χ2v) is 16.6. The number of rotatable bonds is 7. The van der Waals surface area contributed by atoms with E-state index in [1.54, 1.807) is 4.90 Å². The predicted octanol–water partition coefficient (Wildman–Crippen LogP) is 8.42. The second-order valence-electron chi connectivity index (χ2n) is 16.6. The molecule has 3 atom stereocenters. The van der Waals surface area contributed by atoms with E-state index < -0.39 is 6.04 Å². The Morgan fingerprint density at radius 2 is 1.31 bits per heavy atom. The standard InChI is InChI=1S/C47H51N3O4/c51-39-12-16-42-35(28-39)8-14-41(33-4-2-1-3-5-33)46(42)34-6-9-37(10-7-34)48-22-18-31(19-23-48)26-32-20-24-49(25-21-32)38-11-15-43-36(27-38)30-50(47(43)54)44-17-13-40(52)29-45(44)53/h1-7,9-12,15-16,27-28,31-32,41,44,46,51H,8,13-14,17-26,29-30H2/t41-,44?,46+/m1/s1. The van der Waals surface area contributed by atoms with Gasteiger partial charge in [-0.25, -0.2) is 0 Å². The Kier molecular flexibility index (Phi) is 9.50. The zero-order chi connectivity index (χ0) is 36.8. The van der Waals surface area contributed by atoms with E-state index in [4.69, 9.17) is 0 Å². The van der Waals surface area contributed by atoms with Gasteiger partial charge >= 0.3 is 0 Å². The van der Waals surface area contributed by atoms with Gasteiger partial charge < -0.3 is 19.8 Å². The molecule has 3 fully saturated rings. The van der Waals surface area contributed by atoms with Crippen LogP contribution in [0.25, 0.3) is 0 Å². The van der Waals surface area contributed by atoms with Gasteiger partial charge in [-0.15, -0.1) is 0 Å². The summed E-state index contributed by atoms with van der Waals surface area (Å²) in [5, 5.41) is 10.2. The summed E-state index contributed by atoms with van der Waals surface area (Å²) in [5.41, 5.74) is 9.56. The van der Waals surface area contributed by atoms with Crippen molar-refractivity contribution in [3.05, 3.63) is 124 Å². The van der Waals surface area contributed by atoms with E-state index in [1.807, 2.05) is 18.2 Å². The first-order valence-corrected chi connectivity index (χ1v) is 20.3. The van der Waals surface area contributed by atoms with Crippen LogP contribution in [0.3, 0.4) is 0 Å². The van der Waals surface area contributed by atoms with Crippen LogP contribution in [0.15, 0.2) is 91.0 Å². The first-order chi connectivity index (χ1) is 26.4. The maximum Gasteiger partial charge on any atom is 0.255 e. The fraction of sp³-hybridized carbons (Fsp3) is 0.426. The second kappa shape index (κ2) is 14.7. The largest absolute Gasteiger partial charge is 0.508 e. The molecule has 3 aliphatic heterocycles. The van der Waals surface area contributed by atoms with Crippen LogP contribution >= 0.6 is 0 Å². The molecule has 1 amide bonds. The minimum atomic E-state index is -0.468. The van der Waals surface area contributed by atoms with Gasteiger partial charge in [0.1, 0.15) is 11.5 Å². The number of carbonyl (C=O) groups is 3. The summed E-state index contributed by atoms with van der Waals surface area (Å²) in [6.07, 6.45) is 9.03. The van der Waals surface area contributed by atoms with Crippen molar-refractivity contribution < 1.29 is 19.5 Å². The molecule has 1 saturated carbocycles. The van der Waals surface area contributed by atoms with Gasteiger partial charge in [-0.1, -0.05) is 48.5 Å². The van der Waals surface area contributed by atoms with Gasteiger partial charge in [0.15, 0.2) is 5.78 Å². The molecular weight excluding hydrogens is 671 g/mol. The highest BCUT2D eigenvalue weighted by atomic mass is 16.3. The average molecular weight is 722 g/mol. The minimum Gasteiger partial charge on any atom is -0.508 e. The molecule has 0 spiro atoms. The third-order valence-corrected chi connectivity index (χ3v) is 13.4. The van der Waals surface area contributed by atoms with E-state index >= 15 is 0 Å². The highest BCUT2D eigenvalue weighted by Crippen LogP contribution is 2.47. The van der Waals surface area contributed by atoms with E-state index in [-0.39, 0.29) is 29.8 Å². The summed E-state index contributed by atoms with van der Waals surface area (Å²) >= 11 is 0. The molecule has 54 heavy (non-hydrogen) atoms. The molecule has 7 heteroatoms. The molecule has 0 bridgehead atoms. The molecule has 1 N–H and O–H groups in total. The summed E-state index contributed by atoms with van der Waals surface area (Å²) in [7, 11) is 0. The van der Waals surface area contributed by atoms with Gasteiger partial charge in [-0.05, 0) is 139 Å². The summed E-state index contributed by atoms with van der Waals surface area (Å²) in [5.74, 6) is 2.36. The Bertz CT molecular complexity index is 2030. The maximum atomic E-state index is 13.2. The van der Waals surface area contributed by atoms with Gasteiger partial charge in [0.2, 0.25) is 0 Å². The summed E-state index contributed by atoms with van der Waals surface area (Å²) in [4.78, 5) is 44.2. The van der Waals surface area contributed by atoms with Crippen LogP contribution < -0.4 is 9.80 Å². The molecule has 3 heterocycles. The fourth-order valence-corrected chi connectivity index (χ4v) is 10.5. The molecule has 5 aliphatic rings. The Labute approximate surface area is 319 Å². The quantitative estimate of drug-likeness (QED) is 0.193. The Balaban J connectivity index is 0.780. The maximum absolute atomic E-state index is 13.2. The Hall–Kier alpha value is -4.91. The average Bonchev–Trinajstić information content (AvgIpc) is 3.53. The van der Waals surface area contributed by atoms with Crippen molar-refractivity contribution in [1.82, 2.24) is 4.90 Å². The number of benzene rings is 4. The molecule has 2 saturated heterocycles. The van der Waals surface area contributed by atoms with Gasteiger partial charge in [0, 0.05) is 62.0 Å². The van der Waals surface area contributed by atoms with Gasteiger partial charge in [0.25, 0.3) is 5.91 Å². The van der Waals surface area contributed by atoms with Crippen molar-refractivity contribution >= 4 is 28.8 Å². The number of ketones is 2. The van der Waals surface area contributed by atoms with Crippen LogP contribution in [0.1, 0.15) is 108 Å². The predicted molar refractivity (Wildman–Crippen MR) is 212 cm³/mol. The van der Waals surface area contributed by atoms with Crippen molar-refractivity contribution in [2.75, 3.05) is 36.0 Å². The van der Waals surface area contributed by atoms with E-state index in [2.05, 4.69) is 82.6 Å². The van der Waals surface area contributed by atoms with Crippen molar-refractivity contribution in [3.8, 4) is 5.75 Å². The number of phenols is 1. The lowest BCUT2D eigenvalue weighted by molar-refractivity contribution is -0.133. The number of amides is 1. The molecule has 4 aromatic rings. The molecule has 7 nitrogen and oxygen atoms in total. The number of hydrogen-bond donors (Lipinski definition) is 1. The molecule has 278 valence electrons. The van der Waals surface area contributed by atoms with Crippen LogP contribution in [-0.2, 0) is 22.6 Å². The van der Waals surface area contributed by atoms with E-state index in [0.717, 1.165) is 56.4 Å². The third-order valence-electron chi connectivity index (χ3n) is 13.4. The highest BCUT2D eigenvalue weighted by molar-refractivity contribution is 6.07. The Morgan fingerprint density at radius 1 is 0.630 bits per heavy atom. The highest BCUT2D eigenvalue weighted by Gasteiger charge is 2.39. The molecular formula is C47H51N3O4. The molecule has 4 aromatic carbocycles. The van der Waals surface area contributed by atoms with Crippen LogP contribution in [0, 0.1) is 11.8 Å². The van der Waals surface area contributed by atoms with Crippen LogP contribution in [0.4, 0.5) is 11.4 Å². The van der Waals surface area contributed by atoms with Crippen molar-refractivity contribution in [1.29, 1.82) is 0 Å². The number of carbonyl (C=O) groups excluding carboxylic acids is 3. The lowest BCUT2D eigenvalue weighted by Crippen LogP contribution is -2.44. The molecule has 0 radical (unpaired) electrons. The van der Waals surface area contributed by atoms with E-state index in [9.17, 15) is 19.5 Å². The van der Waals surface area contributed by atoms with Crippen molar-refractivity contribution in [2.24, 2.45) is 11.8 Å². The summed E-state index contributed by atoms with van der Waals surface area (Å²) in [6.45, 7) is 4.74.